The second kappa shape index (κ2) is 8.68. The van der Waals surface area contributed by atoms with E-state index in [-0.39, 0.29) is 13.0 Å². The summed E-state index contributed by atoms with van der Waals surface area (Å²) in [5.74, 6) is -0.852. The summed E-state index contributed by atoms with van der Waals surface area (Å²) in [4.78, 5) is 19.4. The molecular formula is C24H23F3N2O3. The van der Waals surface area contributed by atoms with Crippen LogP contribution in [0.2, 0.25) is 0 Å². The van der Waals surface area contributed by atoms with E-state index in [4.69, 9.17) is 9.47 Å². The number of fused-ring (bicyclic) bond motifs is 1. The van der Waals surface area contributed by atoms with Crippen LogP contribution in [0.3, 0.4) is 0 Å². The minimum Gasteiger partial charge on any atom is -0.493 e. The van der Waals surface area contributed by atoms with Gasteiger partial charge in [0.1, 0.15) is 0 Å². The number of alkyl halides is 3. The van der Waals surface area contributed by atoms with Crippen molar-refractivity contribution in [2.75, 3.05) is 27.3 Å². The number of aromatic nitrogens is 1. The van der Waals surface area contributed by atoms with Crippen LogP contribution in [-0.4, -0.2) is 49.3 Å². The molecule has 0 spiro atoms. The van der Waals surface area contributed by atoms with Crippen molar-refractivity contribution < 1.29 is 27.4 Å². The Hall–Kier alpha value is -3.29. The molecule has 1 aliphatic rings. The van der Waals surface area contributed by atoms with Crippen LogP contribution in [0.1, 0.15) is 23.2 Å². The molecule has 1 aromatic heterocycles. The fraction of sp³-hybridized carbons (Fsp3) is 0.333. The van der Waals surface area contributed by atoms with Gasteiger partial charge in [-0.05, 0) is 43.2 Å². The van der Waals surface area contributed by atoms with E-state index in [2.05, 4.69) is 4.98 Å². The Balaban J connectivity index is 1.77. The fourth-order valence-corrected chi connectivity index (χ4v) is 4.09. The summed E-state index contributed by atoms with van der Waals surface area (Å²) in [6, 6.07) is 14.1. The number of likely N-dealkylation sites (tertiary alicyclic amines) is 1. The summed E-state index contributed by atoms with van der Waals surface area (Å²) in [6.45, 7) is -0.0293. The number of methoxy groups -OCH3 is 2. The topological polar surface area (TPSA) is 51.7 Å². The molecule has 1 aliphatic heterocycles. The molecule has 0 unspecified atom stereocenters. The van der Waals surface area contributed by atoms with Crippen LogP contribution >= 0.6 is 0 Å². The molecule has 0 aliphatic carbocycles. The van der Waals surface area contributed by atoms with Crippen LogP contribution < -0.4 is 9.47 Å². The van der Waals surface area contributed by atoms with Crippen molar-refractivity contribution >= 4 is 16.8 Å². The summed E-state index contributed by atoms with van der Waals surface area (Å²) >= 11 is 0. The van der Waals surface area contributed by atoms with Crippen molar-refractivity contribution in [3.05, 3.63) is 54.1 Å². The molecule has 4 rings (SSSR count). The lowest BCUT2D eigenvalue weighted by molar-refractivity contribution is -0.184. The van der Waals surface area contributed by atoms with Crippen LogP contribution in [0.5, 0.6) is 11.5 Å². The smallest absolute Gasteiger partial charge is 0.393 e. The predicted octanol–water partition coefficient (Wildman–Crippen LogP) is 5.33. The average Bonchev–Trinajstić information content (AvgIpc) is 2.82. The van der Waals surface area contributed by atoms with Gasteiger partial charge in [0, 0.05) is 24.0 Å². The monoisotopic (exact) mass is 444 g/mol. The lowest BCUT2D eigenvalue weighted by atomic mass is 9.96. The first kappa shape index (κ1) is 21.9. The number of benzene rings is 2. The molecule has 1 saturated heterocycles. The zero-order chi connectivity index (χ0) is 22.9. The highest BCUT2D eigenvalue weighted by atomic mass is 19.4. The van der Waals surface area contributed by atoms with Crippen molar-refractivity contribution in [2.24, 2.45) is 5.92 Å². The molecule has 1 atom stereocenters. The van der Waals surface area contributed by atoms with Crippen molar-refractivity contribution in [1.29, 1.82) is 0 Å². The first-order valence-electron chi connectivity index (χ1n) is 10.3. The van der Waals surface area contributed by atoms with Crippen molar-refractivity contribution in [1.82, 2.24) is 9.88 Å². The van der Waals surface area contributed by atoms with E-state index in [9.17, 15) is 18.0 Å². The van der Waals surface area contributed by atoms with E-state index in [0.717, 1.165) is 0 Å². The SMILES string of the molecule is COc1ccc(-c2cc(C(=O)N3CCC[C@@H](C(F)(F)F)C3)c3ccccc3n2)cc1OC. The number of hydrogen-bond donors (Lipinski definition) is 0. The van der Waals surface area contributed by atoms with Crippen LogP contribution in [0, 0.1) is 5.92 Å². The van der Waals surface area contributed by atoms with Gasteiger partial charge < -0.3 is 14.4 Å². The molecule has 3 aromatic rings. The van der Waals surface area contributed by atoms with E-state index in [0.29, 0.717) is 52.2 Å². The first-order valence-corrected chi connectivity index (χ1v) is 10.3. The molecule has 1 fully saturated rings. The largest absolute Gasteiger partial charge is 0.493 e. The van der Waals surface area contributed by atoms with Gasteiger partial charge in [0.2, 0.25) is 0 Å². The number of pyridine rings is 1. The Morgan fingerprint density at radius 3 is 2.53 bits per heavy atom. The van der Waals surface area contributed by atoms with Crippen molar-refractivity contribution in [3.63, 3.8) is 0 Å². The normalized spacial score (nSPS) is 16.8. The summed E-state index contributed by atoms with van der Waals surface area (Å²) in [6.07, 6.45) is -3.95. The zero-order valence-electron chi connectivity index (χ0n) is 17.8. The Kier molecular flexibility index (Phi) is 5.95. The molecule has 2 heterocycles. The summed E-state index contributed by atoms with van der Waals surface area (Å²) < 4.78 is 50.5. The van der Waals surface area contributed by atoms with E-state index in [1.54, 1.807) is 42.5 Å². The summed E-state index contributed by atoms with van der Waals surface area (Å²) in [5.41, 5.74) is 2.15. The van der Waals surface area contributed by atoms with Gasteiger partial charge in [0.15, 0.2) is 11.5 Å². The van der Waals surface area contributed by atoms with Gasteiger partial charge >= 0.3 is 6.18 Å². The number of halogens is 3. The maximum atomic E-state index is 13.4. The standard InChI is InChI=1S/C24H23F3N2O3/c1-31-21-10-9-15(12-22(21)32-2)20-13-18(17-7-3-4-8-19(17)28-20)23(30)29-11-5-6-16(14-29)24(25,26)27/h3-4,7-10,12-13,16H,5-6,11,14H2,1-2H3/t16-/m1/s1. The second-order valence-corrected chi connectivity index (χ2v) is 7.77. The molecule has 0 saturated carbocycles. The van der Waals surface area contributed by atoms with Gasteiger partial charge in [-0.25, -0.2) is 4.98 Å². The molecule has 32 heavy (non-hydrogen) atoms. The average molecular weight is 444 g/mol. The number of carbonyl (C=O) groups excluding carboxylic acids is 1. The lowest BCUT2D eigenvalue weighted by Gasteiger charge is -2.34. The van der Waals surface area contributed by atoms with Gasteiger partial charge in [0.25, 0.3) is 5.91 Å². The second-order valence-electron chi connectivity index (χ2n) is 7.77. The lowest BCUT2D eigenvalue weighted by Crippen LogP contribution is -2.44. The minimum absolute atomic E-state index is 0.0429. The van der Waals surface area contributed by atoms with E-state index >= 15 is 0 Å². The highest BCUT2D eigenvalue weighted by molar-refractivity contribution is 6.07. The number of piperidine rings is 1. The van der Waals surface area contributed by atoms with Crippen LogP contribution in [0.4, 0.5) is 13.2 Å². The van der Waals surface area contributed by atoms with Gasteiger partial charge in [-0.15, -0.1) is 0 Å². The van der Waals surface area contributed by atoms with E-state index < -0.39 is 18.0 Å². The Bertz CT molecular complexity index is 1150. The molecule has 168 valence electrons. The van der Waals surface area contributed by atoms with Crippen molar-refractivity contribution in [3.8, 4) is 22.8 Å². The summed E-state index contributed by atoms with van der Waals surface area (Å²) in [5, 5.41) is 0.607. The zero-order valence-corrected chi connectivity index (χ0v) is 17.8. The molecular weight excluding hydrogens is 421 g/mol. The molecule has 1 amide bonds. The first-order chi connectivity index (χ1) is 15.3. The Labute approximate surface area is 183 Å². The molecule has 2 aromatic carbocycles. The van der Waals surface area contributed by atoms with Crippen LogP contribution in [0.15, 0.2) is 48.5 Å². The third-order valence-corrected chi connectivity index (χ3v) is 5.80. The Morgan fingerprint density at radius 1 is 1.06 bits per heavy atom. The minimum atomic E-state index is -4.32. The fourth-order valence-electron chi connectivity index (χ4n) is 4.09. The van der Waals surface area contributed by atoms with Gasteiger partial charge in [-0.1, -0.05) is 18.2 Å². The van der Waals surface area contributed by atoms with Crippen molar-refractivity contribution in [2.45, 2.75) is 19.0 Å². The molecule has 0 bridgehead atoms. The highest BCUT2D eigenvalue weighted by Crippen LogP contribution is 2.36. The maximum absolute atomic E-state index is 13.4. The van der Waals surface area contributed by atoms with Crippen LogP contribution in [0.25, 0.3) is 22.2 Å². The number of rotatable bonds is 4. The quantitative estimate of drug-likeness (QED) is 0.546. The maximum Gasteiger partial charge on any atom is 0.393 e. The highest BCUT2D eigenvalue weighted by Gasteiger charge is 2.43. The molecule has 0 radical (unpaired) electrons. The number of amides is 1. The molecule has 0 N–H and O–H groups in total. The number of ether oxygens (including phenoxy) is 2. The molecule has 8 heteroatoms. The number of nitrogens with zero attached hydrogens (tertiary/aromatic N) is 2. The van der Waals surface area contributed by atoms with Gasteiger partial charge in [0.05, 0.1) is 36.9 Å². The van der Waals surface area contributed by atoms with Gasteiger partial charge in [-0.3, -0.25) is 4.79 Å². The number of para-hydroxylation sites is 1. The third-order valence-electron chi connectivity index (χ3n) is 5.80. The van der Waals surface area contributed by atoms with E-state index in [1.165, 1.54) is 19.1 Å². The Morgan fingerprint density at radius 2 is 1.81 bits per heavy atom. The van der Waals surface area contributed by atoms with Gasteiger partial charge in [-0.2, -0.15) is 13.2 Å². The summed E-state index contributed by atoms with van der Waals surface area (Å²) in [7, 11) is 3.06. The number of carbonyl (C=O) groups is 1. The molecule has 5 nitrogen and oxygen atoms in total. The predicted molar refractivity (Wildman–Crippen MR) is 115 cm³/mol. The van der Waals surface area contributed by atoms with Crippen LogP contribution in [-0.2, 0) is 0 Å². The van der Waals surface area contributed by atoms with E-state index in [1.807, 2.05) is 6.07 Å². The number of hydrogen-bond acceptors (Lipinski definition) is 4. The third kappa shape index (κ3) is 4.22.